The first kappa shape index (κ1) is 32.2. The van der Waals surface area contributed by atoms with Gasteiger partial charge in [-0.2, -0.15) is 0 Å². The fourth-order valence-electron chi connectivity index (χ4n) is 7.49. The molecule has 10 aromatic rings. The predicted octanol–water partition coefficient (Wildman–Crippen LogP) is 12.4. The Morgan fingerprint density at radius 1 is 0.309 bits per heavy atom. The van der Waals surface area contributed by atoms with E-state index < -0.39 is 0 Å². The third-order valence-electron chi connectivity index (χ3n) is 10.2. The summed E-state index contributed by atoms with van der Waals surface area (Å²) in [5.41, 5.74) is 12.7. The lowest BCUT2D eigenvalue weighted by atomic mass is 9.98. The molecule has 0 saturated heterocycles. The highest BCUT2D eigenvalue weighted by molar-refractivity contribution is 6.11. The summed E-state index contributed by atoms with van der Waals surface area (Å²) in [6.45, 7) is 0. The minimum absolute atomic E-state index is 0.595. The smallest absolute Gasteiger partial charge is 0.164 e. The normalized spacial score (nSPS) is 11.3. The standard InChI is InChI=1S/C50H33N5/c1-5-13-34(14-6-1)39-21-24-43-44-25-22-40(35-15-7-2-8-16-35)32-47(44)55(46(43)31-39)41-23-26-42(36-27-29-51-30-28-36)45(33-41)50-53-48(37-17-9-3-10-18-37)52-49(54-50)38-19-11-4-12-20-38/h1-33H. The Hall–Kier alpha value is -7.50. The van der Waals surface area contributed by atoms with Crippen LogP contribution in [0.5, 0.6) is 0 Å². The number of hydrogen-bond acceptors (Lipinski definition) is 4. The van der Waals surface area contributed by atoms with Crippen molar-refractivity contribution < 1.29 is 0 Å². The van der Waals surface area contributed by atoms with Crippen molar-refractivity contribution in [2.75, 3.05) is 0 Å². The molecular formula is C50H33N5. The third kappa shape index (κ3) is 6.04. The fourth-order valence-corrected chi connectivity index (χ4v) is 7.49. The maximum atomic E-state index is 5.19. The monoisotopic (exact) mass is 703 g/mol. The van der Waals surface area contributed by atoms with Gasteiger partial charge in [-0.1, -0.05) is 152 Å². The summed E-state index contributed by atoms with van der Waals surface area (Å²) in [5.74, 6) is 1.83. The van der Waals surface area contributed by atoms with Crippen LogP contribution in [-0.4, -0.2) is 24.5 Å². The predicted molar refractivity (Wildman–Crippen MR) is 225 cm³/mol. The first-order valence-corrected chi connectivity index (χ1v) is 18.4. The van der Waals surface area contributed by atoms with Crippen LogP contribution in [0, 0.1) is 0 Å². The van der Waals surface area contributed by atoms with Gasteiger partial charge in [0.15, 0.2) is 17.5 Å². The Labute approximate surface area is 318 Å². The molecule has 0 unspecified atom stereocenters. The minimum atomic E-state index is 0.595. The first-order valence-electron chi connectivity index (χ1n) is 18.4. The van der Waals surface area contributed by atoms with E-state index in [1.54, 1.807) is 0 Å². The molecule has 0 atom stereocenters. The molecule has 0 saturated carbocycles. The number of nitrogens with zero attached hydrogens (tertiary/aromatic N) is 5. The highest BCUT2D eigenvalue weighted by Gasteiger charge is 2.20. The highest BCUT2D eigenvalue weighted by Crippen LogP contribution is 2.40. The lowest BCUT2D eigenvalue weighted by Crippen LogP contribution is -2.02. The quantitative estimate of drug-likeness (QED) is 0.166. The van der Waals surface area contributed by atoms with Crippen LogP contribution in [0.3, 0.4) is 0 Å². The third-order valence-corrected chi connectivity index (χ3v) is 10.2. The molecule has 0 aliphatic carbocycles. The molecule has 0 N–H and O–H groups in total. The van der Waals surface area contributed by atoms with Crippen molar-refractivity contribution in [2.45, 2.75) is 0 Å². The minimum Gasteiger partial charge on any atom is -0.309 e. The zero-order chi connectivity index (χ0) is 36.6. The molecule has 3 aromatic heterocycles. The maximum absolute atomic E-state index is 5.19. The fraction of sp³-hybridized carbons (Fsp3) is 0. The molecule has 258 valence electrons. The summed E-state index contributed by atoms with van der Waals surface area (Å²) in [4.78, 5) is 19.7. The SMILES string of the molecule is c1ccc(-c2ccc3c4ccc(-c5ccccc5)cc4n(-c4ccc(-c5ccncc5)c(-c5nc(-c6ccccc6)nc(-c6ccccc6)n5)c4)c3c2)cc1. The molecule has 0 spiro atoms. The van der Waals surface area contributed by atoms with Crippen molar-refractivity contribution in [1.82, 2.24) is 24.5 Å². The topological polar surface area (TPSA) is 56.5 Å². The van der Waals surface area contributed by atoms with Crippen molar-refractivity contribution in [3.8, 4) is 73.2 Å². The first-order chi connectivity index (χ1) is 27.3. The molecule has 0 aliphatic heterocycles. The van der Waals surface area contributed by atoms with E-state index in [2.05, 4.69) is 125 Å². The summed E-state index contributed by atoms with van der Waals surface area (Å²) in [5, 5.41) is 2.37. The maximum Gasteiger partial charge on any atom is 0.164 e. The van der Waals surface area contributed by atoms with Crippen molar-refractivity contribution in [1.29, 1.82) is 0 Å². The molecule has 0 fully saturated rings. The summed E-state index contributed by atoms with van der Waals surface area (Å²) >= 11 is 0. The van der Waals surface area contributed by atoms with Gasteiger partial charge in [0.1, 0.15) is 0 Å². The van der Waals surface area contributed by atoms with Crippen LogP contribution in [0.25, 0.3) is 95.0 Å². The van der Waals surface area contributed by atoms with Gasteiger partial charge < -0.3 is 4.57 Å². The number of rotatable bonds is 7. The molecule has 0 aliphatic rings. The second-order valence-corrected chi connectivity index (χ2v) is 13.5. The molecule has 0 bridgehead atoms. The summed E-state index contributed by atoms with van der Waals surface area (Å²) < 4.78 is 2.39. The van der Waals surface area contributed by atoms with Gasteiger partial charge in [-0.05, 0) is 69.8 Å². The van der Waals surface area contributed by atoms with Crippen molar-refractivity contribution in [2.24, 2.45) is 0 Å². The van der Waals surface area contributed by atoms with E-state index in [1.807, 2.05) is 85.2 Å². The number of benzene rings is 7. The van der Waals surface area contributed by atoms with E-state index in [-0.39, 0.29) is 0 Å². The summed E-state index contributed by atoms with van der Waals surface area (Å²) in [7, 11) is 0. The second-order valence-electron chi connectivity index (χ2n) is 13.5. The Kier molecular flexibility index (Phi) is 8.08. The van der Waals surface area contributed by atoms with Gasteiger partial charge in [0.2, 0.25) is 0 Å². The molecule has 5 nitrogen and oxygen atoms in total. The summed E-state index contributed by atoms with van der Waals surface area (Å²) in [6.07, 6.45) is 3.66. The Balaban J connectivity index is 1.26. The van der Waals surface area contributed by atoms with Crippen molar-refractivity contribution >= 4 is 21.8 Å². The average Bonchev–Trinajstić information content (AvgIpc) is 3.60. The zero-order valence-electron chi connectivity index (χ0n) is 29.8. The van der Waals surface area contributed by atoms with Crippen molar-refractivity contribution in [3.05, 3.63) is 200 Å². The molecule has 0 amide bonds. The number of pyridine rings is 1. The van der Waals surface area contributed by atoms with Gasteiger partial charge >= 0.3 is 0 Å². The van der Waals surface area contributed by atoms with Crippen LogP contribution in [0.4, 0.5) is 0 Å². The van der Waals surface area contributed by atoms with E-state index in [0.29, 0.717) is 17.5 Å². The van der Waals surface area contributed by atoms with Crippen LogP contribution in [0.1, 0.15) is 0 Å². The Morgan fingerprint density at radius 3 is 1.25 bits per heavy atom. The van der Waals surface area contributed by atoms with Gasteiger partial charge in [0, 0.05) is 45.5 Å². The number of fused-ring (bicyclic) bond motifs is 3. The Bertz CT molecular complexity index is 2790. The van der Waals surface area contributed by atoms with Gasteiger partial charge in [0.25, 0.3) is 0 Å². The van der Waals surface area contributed by atoms with Crippen LogP contribution in [0.2, 0.25) is 0 Å². The molecule has 5 heteroatoms. The number of aromatic nitrogens is 5. The second kappa shape index (κ2) is 13.8. The zero-order valence-corrected chi connectivity index (χ0v) is 29.8. The van der Waals surface area contributed by atoms with E-state index in [1.165, 1.54) is 21.9 Å². The largest absolute Gasteiger partial charge is 0.309 e. The van der Waals surface area contributed by atoms with Crippen LogP contribution in [-0.2, 0) is 0 Å². The van der Waals surface area contributed by atoms with Gasteiger partial charge in [-0.15, -0.1) is 0 Å². The molecule has 55 heavy (non-hydrogen) atoms. The molecule has 3 heterocycles. The van der Waals surface area contributed by atoms with Crippen LogP contribution < -0.4 is 0 Å². The molecule has 7 aromatic carbocycles. The van der Waals surface area contributed by atoms with E-state index in [9.17, 15) is 0 Å². The lowest BCUT2D eigenvalue weighted by molar-refractivity contribution is 1.07. The van der Waals surface area contributed by atoms with Gasteiger partial charge in [-0.3, -0.25) is 4.98 Å². The van der Waals surface area contributed by atoms with Gasteiger partial charge in [-0.25, -0.2) is 15.0 Å². The highest BCUT2D eigenvalue weighted by atomic mass is 15.0. The molecule has 10 rings (SSSR count). The van der Waals surface area contributed by atoms with E-state index in [4.69, 9.17) is 15.0 Å². The van der Waals surface area contributed by atoms with Crippen LogP contribution in [0.15, 0.2) is 200 Å². The number of hydrogen-bond donors (Lipinski definition) is 0. The Morgan fingerprint density at radius 2 is 0.764 bits per heavy atom. The molecule has 0 radical (unpaired) electrons. The van der Waals surface area contributed by atoms with E-state index >= 15 is 0 Å². The molecular weight excluding hydrogens is 671 g/mol. The van der Waals surface area contributed by atoms with Crippen molar-refractivity contribution in [3.63, 3.8) is 0 Å². The average molecular weight is 704 g/mol. The van der Waals surface area contributed by atoms with E-state index in [0.717, 1.165) is 55.7 Å². The van der Waals surface area contributed by atoms with Gasteiger partial charge in [0.05, 0.1) is 11.0 Å². The van der Waals surface area contributed by atoms with Crippen LogP contribution >= 0.6 is 0 Å². The lowest BCUT2D eigenvalue weighted by Gasteiger charge is -2.16. The summed E-state index contributed by atoms with van der Waals surface area (Å²) in [6, 6.07) is 65.7.